The van der Waals surface area contributed by atoms with Crippen LogP contribution in [-0.2, 0) is 18.6 Å². The zero-order valence-electron chi connectivity index (χ0n) is 11.9. The summed E-state index contributed by atoms with van der Waals surface area (Å²) in [7, 11) is -1.72. The van der Waals surface area contributed by atoms with Gasteiger partial charge in [0.2, 0.25) is 5.79 Å². The molecule has 122 valence electrons. The molecule has 0 aliphatic carbocycles. The maximum atomic E-state index is 11.9. The number of aliphatic hydroxyl groups is 1. The van der Waals surface area contributed by atoms with Crippen LogP contribution in [0.4, 0.5) is 0 Å². The lowest BCUT2D eigenvalue weighted by Crippen LogP contribution is -2.45. The second-order valence-corrected chi connectivity index (χ2v) is 5.48. The number of aryl methyl sites for hydroxylation is 1. The largest absolute Gasteiger partial charge is 0.695 e. The molecule has 2 rings (SSSR count). The van der Waals surface area contributed by atoms with Gasteiger partial charge in [-0.3, -0.25) is 14.3 Å². The first kappa shape index (κ1) is 16.9. The molecule has 0 amide bonds. The van der Waals surface area contributed by atoms with Gasteiger partial charge in [0.1, 0.15) is 12.8 Å². The van der Waals surface area contributed by atoms with E-state index in [4.69, 9.17) is 18.9 Å². The molecule has 11 heteroatoms. The Hall–Kier alpha value is -1.42. The van der Waals surface area contributed by atoms with Gasteiger partial charge in [-0.05, 0) is 6.92 Å². The van der Waals surface area contributed by atoms with E-state index in [0.717, 1.165) is 4.57 Å². The average Bonchev–Trinajstić information content (AvgIpc) is 2.81. The molecule has 1 aromatic heterocycles. The highest BCUT2D eigenvalue weighted by molar-refractivity contribution is 7.32. The molecule has 1 fully saturated rings. The fourth-order valence-corrected chi connectivity index (χ4v) is 2.77. The number of aliphatic hydroxyl groups excluding tert-OH is 1. The van der Waals surface area contributed by atoms with E-state index in [1.807, 2.05) is 0 Å². The molecule has 0 bridgehead atoms. The minimum Gasteiger partial charge on any atom is -0.391 e. The standard InChI is InChI=1S/C11H15N2O8P/c1-6-4-13(10(16)12-9(6)15)8-3-7(21-22(17)18)11(5-14,19-2)20-8/h4,7-8,14H,3,5H2,1-2H3,(H-,12,15,16,17,18)/p+1/t7-,8-,11-/m1/s1. The minimum atomic E-state index is -2.95. The molecule has 4 atom stereocenters. The molecular weight excluding hydrogens is 319 g/mol. The van der Waals surface area contributed by atoms with Crippen molar-refractivity contribution in [2.24, 2.45) is 0 Å². The molecule has 2 heterocycles. The summed E-state index contributed by atoms with van der Waals surface area (Å²) in [6.07, 6.45) is -0.734. The van der Waals surface area contributed by atoms with Crippen LogP contribution in [0.5, 0.6) is 0 Å². The maximum absolute atomic E-state index is 11.9. The van der Waals surface area contributed by atoms with Crippen molar-refractivity contribution in [3.05, 3.63) is 32.6 Å². The topological polar surface area (TPSA) is 140 Å². The number of rotatable bonds is 5. The number of aromatic nitrogens is 2. The second-order valence-electron chi connectivity index (χ2n) is 4.79. The van der Waals surface area contributed by atoms with Crippen molar-refractivity contribution < 1.29 is 28.6 Å². The summed E-state index contributed by atoms with van der Waals surface area (Å²) in [5.74, 6) is -1.68. The second kappa shape index (κ2) is 6.37. The number of ether oxygens (including phenoxy) is 2. The number of H-pyrrole nitrogens is 1. The minimum absolute atomic E-state index is 0.0264. The predicted molar refractivity (Wildman–Crippen MR) is 72.3 cm³/mol. The molecule has 1 saturated heterocycles. The van der Waals surface area contributed by atoms with Crippen LogP contribution in [0, 0.1) is 6.92 Å². The van der Waals surface area contributed by atoms with Crippen molar-refractivity contribution in [1.82, 2.24) is 9.55 Å². The van der Waals surface area contributed by atoms with Crippen LogP contribution >= 0.6 is 8.25 Å². The molecule has 1 aromatic rings. The van der Waals surface area contributed by atoms with Crippen LogP contribution in [0.25, 0.3) is 0 Å². The van der Waals surface area contributed by atoms with E-state index in [9.17, 15) is 19.3 Å². The Morgan fingerprint density at radius 3 is 2.82 bits per heavy atom. The van der Waals surface area contributed by atoms with E-state index in [1.54, 1.807) is 0 Å². The van der Waals surface area contributed by atoms with E-state index in [1.165, 1.54) is 20.2 Å². The number of hydrogen-bond donors (Lipinski definition) is 3. The normalized spacial score (nSPS) is 28.8. The molecule has 22 heavy (non-hydrogen) atoms. The summed E-state index contributed by atoms with van der Waals surface area (Å²) in [6, 6.07) is 0. The quantitative estimate of drug-likeness (QED) is 0.590. The van der Waals surface area contributed by atoms with Gasteiger partial charge in [0.15, 0.2) is 6.10 Å². The van der Waals surface area contributed by atoms with Crippen LogP contribution in [0.3, 0.4) is 0 Å². The Labute approximate surface area is 125 Å². The van der Waals surface area contributed by atoms with Gasteiger partial charge in [-0.2, -0.15) is 0 Å². The third-order valence-corrected chi connectivity index (χ3v) is 3.92. The van der Waals surface area contributed by atoms with Gasteiger partial charge in [-0.25, -0.2) is 4.79 Å². The molecule has 1 aliphatic rings. The lowest BCUT2D eigenvalue weighted by atomic mass is 10.1. The molecule has 1 aliphatic heterocycles. The van der Waals surface area contributed by atoms with Crippen molar-refractivity contribution in [3.8, 4) is 0 Å². The number of methoxy groups -OCH3 is 1. The average molecular weight is 335 g/mol. The van der Waals surface area contributed by atoms with E-state index in [-0.39, 0.29) is 12.0 Å². The molecule has 0 aromatic carbocycles. The molecule has 0 radical (unpaired) electrons. The highest BCUT2D eigenvalue weighted by atomic mass is 31.1. The van der Waals surface area contributed by atoms with E-state index in [2.05, 4.69) is 4.98 Å². The summed E-state index contributed by atoms with van der Waals surface area (Å²) in [5.41, 5.74) is -0.948. The monoisotopic (exact) mass is 335 g/mol. The summed E-state index contributed by atoms with van der Waals surface area (Å²) in [5, 5.41) is 9.48. The zero-order chi connectivity index (χ0) is 16.5. The number of nitrogens with one attached hydrogen (secondary N) is 1. The first-order valence-corrected chi connectivity index (χ1v) is 7.45. The third-order valence-electron chi connectivity index (χ3n) is 3.48. The Morgan fingerprint density at radius 1 is 1.59 bits per heavy atom. The van der Waals surface area contributed by atoms with E-state index in [0.29, 0.717) is 0 Å². The Morgan fingerprint density at radius 2 is 2.27 bits per heavy atom. The lowest BCUT2D eigenvalue weighted by Gasteiger charge is -2.27. The molecular formula is C11H16N2O8P+. The summed E-state index contributed by atoms with van der Waals surface area (Å²) >= 11 is 0. The van der Waals surface area contributed by atoms with Gasteiger partial charge < -0.3 is 14.6 Å². The smallest absolute Gasteiger partial charge is 0.391 e. The number of hydrogen-bond acceptors (Lipinski definition) is 7. The van der Waals surface area contributed by atoms with Gasteiger partial charge >= 0.3 is 13.9 Å². The highest BCUT2D eigenvalue weighted by Gasteiger charge is 2.54. The van der Waals surface area contributed by atoms with Crippen molar-refractivity contribution in [1.29, 1.82) is 0 Å². The molecule has 3 N–H and O–H groups in total. The van der Waals surface area contributed by atoms with Crippen LogP contribution in [0.1, 0.15) is 18.2 Å². The maximum Gasteiger partial charge on any atom is 0.695 e. The fourth-order valence-electron chi connectivity index (χ4n) is 2.30. The fraction of sp³-hybridized carbons (Fsp3) is 0.636. The van der Waals surface area contributed by atoms with E-state index >= 15 is 0 Å². The predicted octanol–water partition coefficient (Wildman–Crippen LogP) is -0.866. The van der Waals surface area contributed by atoms with Crippen molar-refractivity contribution in [2.75, 3.05) is 13.7 Å². The lowest BCUT2D eigenvalue weighted by molar-refractivity contribution is -0.266. The number of aromatic amines is 1. The summed E-state index contributed by atoms with van der Waals surface area (Å²) in [6.45, 7) is 0.864. The van der Waals surface area contributed by atoms with E-state index < -0.39 is 44.2 Å². The van der Waals surface area contributed by atoms with Gasteiger partial charge in [0.05, 0.1) is 0 Å². The van der Waals surface area contributed by atoms with Gasteiger partial charge in [-0.1, -0.05) is 0 Å². The summed E-state index contributed by atoms with van der Waals surface area (Å²) in [4.78, 5) is 34.3. The number of nitrogens with zero attached hydrogens (tertiary/aromatic N) is 1. The van der Waals surface area contributed by atoms with Crippen molar-refractivity contribution in [3.63, 3.8) is 0 Å². The van der Waals surface area contributed by atoms with Gasteiger partial charge in [0.25, 0.3) is 5.56 Å². The summed E-state index contributed by atoms with van der Waals surface area (Å²) < 4.78 is 27.4. The molecule has 0 saturated carbocycles. The van der Waals surface area contributed by atoms with Crippen molar-refractivity contribution in [2.45, 2.75) is 31.5 Å². The SMILES string of the molecule is CO[C@]1(CO)O[C@@H](n2cc(C)c(=O)[nH]c2=O)C[C@H]1O[P+](=O)O. The highest BCUT2D eigenvalue weighted by Crippen LogP contribution is 2.41. The molecule has 10 nitrogen and oxygen atoms in total. The Bertz CT molecular complexity index is 679. The zero-order valence-corrected chi connectivity index (χ0v) is 12.8. The Kier molecular flexibility index (Phi) is 4.90. The third kappa shape index (κ3) is 3.02. The Balaban J connectivity index is 2.39. The molecule has 1 unspecified atom stereocenters. The van der Waals surface area contributed by atoms with Gasteiger partial charge in [0, 0.05) is 29.9 Å². The molecule has 0 spiro atoms. The van der Waals surface area contributed by atoms with Crippen LogP contribution in [-0.4, -0.2) is 45.2 Å². The van der Waals surface area contributed by atoms with Crippen LogP contribution in [0.2, 0.25) is 0 Å². The van der Waals surface area contributed by atoms with Crippen LogP contribution in [0.15, 0.2) is 15.8 Å². The van der Waals surface area contributed by atoms with Gasteiger partial charge in [-0.15, -0.1) is 9.42 Å². The van der Waals surface area contributed by atoms with Crippen LogP contribution < -0.4 is 11.2 Å². The first-order valence-electron chi connectivity index (χ1n) is 6.31. The van der Waals surface area contributed by atoms with Crippen molar-refractivity contribution >= 4 is 8.25 Å². The first-order chi connectivity index (χ1) is 10.3.